The Hall–Kier alpha value is -2.77. The molecule has 3 aromatic carbocycles. The molecule has 0 saturated heterocycles. The van der Waals surface area contributed by atoms with Gasteiger partial charge in [0, 0.05) is 20.2 Å². The van der Waals surface area contributed by atoms with Gasteiger partial charge in [-0.3, -0.25) is 4.79 Å². The topological polar surface area (TPSA) is 92.8 Å². The lowest BCUT2D eigenvalue weighted by Gasteiger charge is -2.24. The van der Waals surface area contributed by atoms with E-state index in [-0.39, 0.29) is 18.6 Å². The van der Waals surface area contributed by atoms with Gasteiger partial charge in [0.25, 0.3) is 0 Å². The maximum absolute atomic E-state index is 13.1. The van der Waals surface area contributed by atoms with Crippen LogP contribution in [0.15, 0.2) is 71.5 Å². The van der Waals surface area contributed by atoms with Gasteiger partial charge >= 0.3 is 0 Å². The van der Waals surface area contributed by atoms with E-state index in [1.54, 1.807) is 17.4 Å². The first-order valence-electron chi connectivity index (χ1n) is 9.74. The predicted octanol–water partition coefficient (Wildman–Crippen LogP) is 3.82. The predicted molar refractivity (Wildman–Crippen MR) is 122 cm³/mol. The first kappa shape index (κ1) is 20.5. The van der Waals surface area contributed by atoms with E-state index in [4.69, 9.17) is 10.5 Å². The van der Waals surface area contributed by atoms with Gasteiger partial charge in [-0.05, 0) is 60.9 Å². The SMILES string of the molecule is NC(CO)(CO)CCc1ccc2c(=O)c3cc(Oc4ccccc4)ccc3sc2c1. The summed E-state index contributed by atoms with van der Waals surface area (Å²) >= 11 is 1.55. The Morgan fingerprint density at radius 1 is 0.867 bits per heavy atom. The summed E-state index contributed by atoms with van der Waals surface area (Å²) in [6, 6.07) is 20.8. The molecule has 0 fully saturated rings. The van der Waals surface area contributed by atoms with Gasteiger partial charge in [-0.15, -0.1) is 11.3 Å². The van der Waals surface area contributed by atoms with Crippen LogP contribution in [0, 0.1) is 0 Å². The van der Waals surface area contributed by atoms with Gasteiger partial charge in [0.15, 0.2) is 5.43 Å². The third-order valence-electron chi connectivity index (χ3n) is 5.23. The van der Waals surface area contributed by atoms with Gasteiger partial charge in [0.1, 0.15) is 11.5 Å². The van der Waals surface area contributed by atoms with Crippen LogP contribution in [0.5, 0.6) is 11.5 Å². The molecule has 0 bridgehead atoms. The Morgan fingerprint density at radius 2 is 1.63 bits per heavy atom. The van der Waals surface area contributed by atoms with Crippen LogP contribution in [0.25, 0.3) is 20.2 Å². The number of benzene rings is 3. The number of fused-ring (bicyclic) bond motifs is 2. The Balaban J connectivity index is 1.67. The summed E-state index contributed by atoms with van der Waals surface area (Å²) in [6.07, 6.45) is 1.06. The van der Waals surface area contributed by atoms with Crippen molar-refractivity contribution in [2.45, 2.75) is 18.4 Å². The van der Waals surface area contributed by atoms with Gasteiger partial charge in [0.05, 0.1) is 18.8 Å². The molecule has 5 nitrogen and oxygen atoms in total. The fraction of sp³-hybridized carbons (Fsp3) is 0.208. The molecular weight excluding hydrogens is 398 g/mol. The molecule has 0 radical (unpaired) electrons. The van der Waals surface area contributed by atoms with Crippen LogP contribution in [-0.2, 0) is 6.42 Å². The molecule has 0 saturated carbocycles. The average Bonchev–Trinajstić information content (AvgIpc) is 2.78. The molecule has 4 rings (SSSR count). The average molecular weight is 422 g/mol. The standard InChI is InChI=1S/C24H23NO4S/c25-24(14-26,15-27)11-10-16-6-8-19-22(12-16)30-21-9-7-18(13-20(21)23(19)28)29-17-4-2-1-3-5-17/h1-9,12-13,26-27H,10-11,14-15,25H2. The summed E-state index contributed by atoms with van der Waals surface area (Å²) in [5, 5.41) is 20.0. The van der Waals surface area contributed by atoms with Crippen LogP contribution in [0.3, 0.4) is 0 Å². The monoisotopic (exact) mass is 421 g/mol. The van der Waals surface area contributed by atoms with E-state index >= 15 is 0 Å². The van der Waals surface area contributed by atoms with Crippen molar-refractivity contribution in [1.82, 2.24) is 0 Å². The van der Waals surface area contributed by atoms with Crippen LogP contribution in [0.1, 0.15) is 12.0 Å². The van der Waals surface area contributed by atoms with Gasteiger partial charge in [0.2, 0.25) is 0 Å². The number of para-hydroxylation sites is 1. The minimum Gasteiger partial charge on any atom is -0.457 e. The zero-order valence-electron chi connectivity index (χ0n) is 16.4. The van der Waals surface area contributed by atoms with Crippen molar-refractivity contribution in [2.24, 2.45) is 5.73 Å². The van der Waals surface area contributed by atoms with Gasteiger partial charge in [-0.1, -0.05) is 24.3 Å². The lowest BCUT2D eigenvalue weighted by Crippen LogP contribution is -2.47. The maximum atomic E-state index is 13.1. The molecule has 0 aliphatic carbocycles. The molecule has 0 atom stereocenters. The molecular formula is C24H23NO4S. The zero-order valence-corrected chi connectivity index (χ0v) is 17.2. The number of aliphatic hydroxyl groups excluding tert-OH is 2. The van der Waals surface area contributed by atoms with Crippen molar-refractivity contribution < 1.29 is 14.9 Å². The molecule has 30 heavy (non-hydrogen) atoms. The Labute approximate surface area is 178 Å². The number of aliphatic hydroxyl groups is 2. The third kappa shape index (κ3) is 4.22. The van der Waals surface area contributed by atoms with Gasteiger partial charge in [-0.25, -0.2) is 0 Å². The summed E-state index contributed by atoms with van der Waals surface area (Å²) in [6.45, 7) is -0.551. The van der Waals surface area contributed by atoms with E-state index < -0.39 is 5.54 Å². The van der Waals surface area contributed by atoms with Crippen molar-refractivity contribution in [2.75, 3.05) is 13.2 Å². The van der Waals surface area contributed by atoms with E-state index in [2.05, 4.69) is 0 Å². The van der Waals surface area contributed by atoms with E-state index in [0.717, 1.165) is 20.7 Å². The van der Waals surface area contributed by atoms with Crippen molar-refractivity contribution in [1.29, 1.82) is 0 Å². The smallest absolute Gasteiger partial charge is 0.196 e. The second-order valence-electron chi connectivity index (χ2n) is 7.51. The molecule has 0 amide bonds. The molecule has 154 valence electrons. The molecule has 0 aliphatic heterocycles. The number of rotatable bonds is 7. The van der Waals surface area contributed by atoms with Crippen LogP contribution < -0.4 is 15.9 Å². The van der Waals surface area contributed by atoms with Crippen molar-refractivity contribution in [3.8, 4) is 11.5 Å². The van der Waals surface area contributed by atoms with E-state index in [9.17, 15) is 15.0 Å². The fourth-order valence-electron chi connectivity index (χ4n) is 3.32. The maximum Gasteiger partial charge on any atom is 0.196 e. The highest BCUT2D eigenvalue weighted by Gasteiger charge is 2.22. The highest BCUT2D eigenvalue weighted by Crippen LogP contribution is 2.30. The largest absolute Gasteiger partial charge is 0.457 e. The second kappa shape index (κ2) is 8.53. The molecule has 4 N–H and O–H groups in total. The summed E-state index contributed by atoms with van der Waals surface area (Å²) in [5.41, 5.74) is 5.95. The van der Waals surface area contributed by atoms with E-state index in [1.807, 2.05) is 60.7 Å². The number of ether oxygens (including phenoxy) is 1. The number of aryl methyl sites for hydroxylation is 1. The number of nitrogens with two attached hydrogens (primary N) is 1. The Kier molecular flexibility index (Phi) is 5.83. The molecule has 6 heteroatoms. The molecule has 0 aliphatic rings. The van der Waals surface area contributed by atoms with Gasteiger partial charge < -0.3 is 20.7 Å². The Morgan fingerprint density at radius 3 is 2.37 bits per heavy atom. The van der Waals surface area contributed by atoms with Crippen molar-refractivity contribution in [3.05, 3.63) is 82.5 Å². The van der Waals surface area contributed by atoms with Crippen LogP contribution in [-0.4, -0.2) is 29.0 Å². The molecule has 1 heterocycles. The van der Waals surface area contributed by atoms with Crippen LogP contribution >= 0.6 is 11.3 Å². The quantitative estimate of drug-likeness (QED) is 0.395. The summed E-state index contributed by atoms with van der Waals surface area (Å²) < 4.78 is 7.66. The molecule has 0 unspecified atom stereocenters. The minimum absolute atomic E-state index is 0.0253. The summed E-state index contributed by atoms with van der Waals surface area (Å²) in [4.78, 5) is 13.1. The van der Waals surface area contributed by atoms with Crippen LogP contribution in [0.4, 0.5) is 0 Å². The third-order valence-corrected chi connectivity index (χ3v) is 6.36. The number of hydrogen-bond donors (Lipinski definition) is 3. The Bertz CT molecular complexity index is 1230. The normalized spacial score (nSPS) is 11.8. The lowest BCUT2D eigenvalue weighted by molar-refractivity contribution is 0.115. The first-order chi connectivity index (χ1) is 14.5. The molecule has 1 aromatic heterocycles. The fourth-order valence-corrected chi connectivity index (χ4v) is 4.44. The van der Waals surface area contributed by atoms with Crippen molar-refractivity contribution in [3.63, 3.8) is 0 Å². The highest BCUT2D eigenvalue weighted by atomic mass is 32.1. The van der Waals surface area contributed by atoms with E-state index in [0.29, 0.717) is 29.4 Å². The lowest BCUT2D eigenvalue weighted by atomic mass is 9.94. The second-order valence-corrected chi connectivity index (χ2v) is 8.60. The molecule has 4 aromatic rings. The molecule has 0 spiro atoms. The zero-order chi connectivity index (χ0) is 21.1. The minimum atomic E-state index is -0.999. The summed E-state index contributed by atoms with van der Waals surface area (Å²) in [7, 11) is 0. The summed E-state index contributed by atoms with van der Waals surface area (Å²) in [5.74, 6) is 1.35. The van der Waals surface area contributed by atoms with Gasteiger partial charge in [-0.2, -0.15) is 0 Å². The first-order valence-corrected chi connectivity index (χ1v) is 10.6. The van der Waals surface area contributed by atoms with E-state index in [1.165, 1.54) is 0 Å². The highest BCUT2D eigenvalue weighted by molar-refractivity contribution is 7.24. The number of hydrogen-bond acceptors (Lipinski definition) is 6. The van der Waals surface area contributed by atoms with Crippen LogP contribution in [0.2, 0.25) is 0 Å². The van der Waals surface area contributed by atoms with Crippen molar-refractivity contribution >= 4 is 31.5 Å².